The maximum Gasteiger partial charge on any atom is 0.221 e. The van der Waals surface area contributed by atoms with Gasteiger partial charge in [0.15, 0.2) is 5.96 Å². The average molecular weight is 320 g/mol. The summed E-state index contributed by atoms with van der Waals surface area (Å²) in [6.45, 7) is 0. The van der Waals surface area contributed by atoms with Gasteiger partial charge in [0.1, 0.15) is 0 Å². The van der Waals surface area contributed by atoms with Crippen LogP contribution in [0, 0.1) is 5.41 Å². The van der Waals surface area contributed by atoms with Gasteiger partial charge < -0.3 is 15.1 Å². The number of benzene rings is 1. The number of rotatable bonds is 3. The third-order valence-corrected chi connectivity index (χ3v) is 2.52. The lowest BCUT2D eigenvalue weighted by atomic mass is 10.2. The van der Waals surface area contributed by atoms with Gasteiger partial charge in [0.25, 0.3) is 0 Å². The van der Waals surface area contributed by atoms with E-state index in [1.807, 2.05) is 36.4 Å². The number of hydrogen-bond acceptors (Lipinski definition) is 3. The molecule has 22 heavy (non-hydrogen) atoms. The zero-order chi connectivity index (χ0) is 14.9. The molecule has 1 heterocycles. The topological polar surface area (TPSA) is 85.4 Å². The van der Waals surface area contributed by atoms with Gasteiger partial charge >= 0.3 is 0 Å². The lowest BCUT2D eigenvalue weighted by molar-refractivity contribution is 0.577. The highest BCUT2D eigenvalue weighted by atomic mass is 35.5. The van der Waals surface area contributed by atoms with E-state index in [0.717, 1.165) is 5.56 Å². The molecule has 0 unspecified atom stereocenters. The number of nitrogens with zero attached hydrogens (tertiary/aromatic N) is 1. The molecule has 1 aromatic heterocycles. The summed E-state index contributed by atoms with van der Waals surface area (Å²) in [5.41, 5.74) is 1.06. The molecule has 0 atom stereocenters. The summed E-state index contributed by atoms with van der Waals surface area (Å²) in [7, 11) is 1.65. The molecule has 0 saturated heterocycles. The lowest BCUT2D eigenvalue weighted by Gasteiger charge is -2.09. The maximum absolute atomic E-state index is 7.60. The highest BCUT2D eigenvalue weighted by molar-refractivity contribution is 5.98. The van der Waals surface area contributed by atoms with Crippen LogP contribution >= 0.6 is 12.4 Å². The number of nitrogens with one attached hydrogen (secondary N) is 4. The minimum absolute atomic E-state index is 0. The van der Waals surface area contributed by atoms with Crippen molar-refractivity contribution in [1.29, 1.82) is 5.41 Å². The summed E-state index contributed by atoms with van der Waals surface area (Å²) in [6, 6.07) is 13.4. The van der Waals surface area contributed by atoms with Crippen molar-refractivity contribution >= 4 is 36.3 Å². The molecule has 0 spiro atoms. The van der Waals surface area contributed by atoms with Crippen LogP contribution in [0.2, 0.25) is 0 Å². The maximum atomic E-state index is 7.60. The van der Waals surface area contributed by atoms with Crippen LogP contribution in [0.15, 0.2) is 64.3 Å². The van der Waals surface area contributed by atoms with Crippen LogP contribution in [0.1, 0.15) is 5.56 Å². The van der Waals surface area contributed by atoms with Crippen molar-refractivity contribution < 1.29 is 4.42 Å². The first-order chi connectivity index (χ1) is 10.3. The van der Waals surface area contributed by atoms with E-state index in [2.05, 4.69) is 20.9 Å². The minimum Gasteiger partial charge on any atom is -0.447 e. The Bertz CT molecular complexity index is 623. The predicted octanol–water partition coefficient (Wildman–Crippen LogP) is 2.69. The molecule has 0 saturated carbocycles. The second kappa shape index (κ2) is 9.25. The van der Waals surface area contributed by atoms with E-state index < -0.39 is 0 Å². The van der Waals surface area contributed by atoms with E-state index in [-0.39, 0.29) is 18.4 Å². The molecule has 6 nitrogen and oxygen atoms in total. The van der Waals surface area contributed by atoms with Gasteiger partial charge in [-0.15, -0.1) is 12.4 Å². The number of guanidine groups is 2. The molecule has 2 aromatic rings. The normalized spacial score (nSPS) is 10.9. The SMILES string of the molecule is CNC(=N)NC(=Nc1ccco1)NC=Cc1ccccc1.Cl. The molecule has 2 rings (SSSR count). The van der Waals surface area contributed by atoms with Crippen molar-refractivity contribution in [3.63, 3.8) is 0 Å². The molecular formula is C15H18ClN5O. The minimum atomic E-state index is 0. The molecule has 7 heteroatoms. The van der Waals surface area contributed by atoms with Crippen LogP contribution in [0.5, 0.6) is 0 Å². The molecule has 0 aliphatic rings. The van der Waals surface area contributed by atoms with E-state index in [1.54, 1.807) is 31.6 Å². The number of aliphatic imine (C=N–C) groups is 1. The summed E-state index contributed by atoms with van der Waals surface area (Å²) in [6.07, 6.45) is 5.19. The Morgan fingerprint density at radius 2 is 1.95 bits per heavy atom. The van der Waals surface area contributed by atoms with Crippen LogP contribution in [0.25, 0.3) is 6.08 Å². The third kappa shape index (κ3) is 5.72. The van der Waals surface area contributed by atoms with Crippen LogP contribution in [-0.4, -0.2) is 19.0 Å². The summed E-state index contributed by atoms with van der Waals surface area (Å²) in [5.74, 6) is 0.958. The van der Waals surface area contributed by atoms with Gasteiger partial charge in [-0.3, -0.25) is 10.7 Å². The largest absolute Gasteiger partial charge is 0.447 e. The summed E-state index contributed by atoms with van der Waals surface area (Å²) in [5, 5.41) is 16.1. The number of hydrogen-bond donors (Lipinski definition) is 4. The Hall–Kier alpha value is -2.73. The molecule has 0 aliphatic carbocycles. The average Bonchev–Trinajstić information content (AvgIpc) is 3.01. The van der Waals surface area contributed by atoms with Crippen LogP contribution in [0.3, 0.4) is 0 Å². The zero-order valence-electron chi connectivity index (χ0n) is 12.0. The Morgan fingerprint density at radius 1 is 1.18 bits per heavy atom. The van der Waals surface area contributed by atoms with Crippen molar-refractivity contribution in [1.82, 2.24) is 16.0 Å². The molecular weight excluding hydrogens is 302 g/mol. The Balaban J connectivity index is 0.00000242. The lowest BCUT2D eigenvalue weighted by Crippen LogP contribution is -2.43. The molecule has 4 N–H and O–H groups in total. The van der Waals surface area contributed by atoms with Crippen molar-refractivity contribution in [2.75, 3.05) is 7.05 Å². The zero-order valence-corrected chi connectivity index (χ0v) is 12.9. The molecule has 0 aliphatic heterocycles. The second-order valence-corrected chi connectivity index (χ2v) is 4.05. The van der Waals surface area contributed by atoms with Crippen LogP contribution in [-0.2, 0) is 0 Å². The Labute approximate surface area is 135 Å². The highest BCUT2D eigenvalue weighted by Gasteiger charge is 2.01. The van der Waals surface area contributed by atoms with Gasteiger partial charge in [0.2, 0.25) is 11.8 Å². The molecule has 0 fully saturated rings. The van der Waals surface area contributed by atoms with E-state index >= 15 is 0 Å². The second-order valence-electron chi connectivity index (χ2n) is 4.05. The first-order valence-corrected chi connectivity index (χ1v) is 6.41. The Morgan fingerprint density at radius 3 is 2.59 bits per heavy atom. The van der Waals surface area contributed by atoms with E-state index in [9.17, 15) is 0 Å². The fourth-order valence-corrected chi connectivity index (χ4v) is 1.50. The van der Waals surface area contributed by atoms with Gasteiger partial charge in [-0.25, -0.2) is 0 Å². The van der Waals surface area contributed by atoms with Crippen molar-refractivity contribution in [3.05, 3.63) is 60.5 Å². The molecule has 0 bridgehead atoms. The fraction of sp³-hybridized carbons (Fsp3) is 0.0667. The van der Waals surface area contributed by atoms with Crippen molar-refractivity contribution in [3.8, 4) is 0 Å². The molecule has 116 valence electrons. The molecule has 0 radical (unpaired) electrons. The van der Waals surface area contributed by atoms with E-state index in [4.69, 9.17) is 9.83 Å². The van der Waals surface area contributed by atoms with Gasteiger partial charge in [-0.05, 0) is 17.7 Å². The van der Waals surface area contributed by atoms with E-state index in [0.29, 0.717) is 11.8 Å². The monoisotopic (exact) mass is 319 g/mol. The first-order valence-electron chi connectivity index (χ1n) is 6.41. The molecule has 0 amide bonds. The van der Waals surface area contributed by atoms with Crippen LogP contribution in [0.4, 0.5) is 5.88 Å². The van der Waals surface area contributed by atoms with E-state index in [1.165, 1.54) is 0 Å². The quantitative estimate of drug-likeness (QED) is 0.517. The number of halogens is 1. The summed E-state index contributed by atoms with van der Waals surface area (Å²) >= 11 is 0. The van der Waals surface area contributed by atoms with Gasteiger partial charge in [0.05, 0.1) is 6.26 Å². The van der Waals surface area contributed by atoms with Gasteiger partial charge in [-0.2, -0.15) is 4.99 Å². The standard InChI is InChI=1S/C15H17N5O.ClH/c1-17-14(16)20-15(19-13-8-5-11-21-13)18-10-9-12-6-3-2-4-7-12;/h2-11H,1H3,(H4,16,17,18,19,20);1H. The predicted molar refractivity (Wildman–Crippen MR) is 91.6 cm³/mol. The third-order valence-electron chi connectivity index (χ3n) is 2.52. The van der Waals surface area contributed by atoms with Gasteiger partial charge in [0, 0.05) is 19.3 Å². The number of furan rings is 1. The van der Waals surface area contributed by atoms with Crippen molar-refractivity contribution in [2.45, 2.75) is 0 Å². The first kappa shape index (κ1) is 17.3. The molecule has 1 aromatic carbocycles. The smallest absolute Gasteiger partial charge is 0.221 e. The highest BCUT2D eigenvalue weighted by Crippen LogP contribution is 2.10. The summed E-state index contributed by atoms with van der Waals surface area (Å²) in [4.78, 5) is 4.23. The van der Waals surface area contributed by atoms with Gasteiger partial charge in [-0.1, -0.05) is 30.3 Å². The van der Waals surface area contributed by atoms with Crippen molar-refractivity contribution in [2.24, 2.45) is 4.99 Å². The Kier molecular flexibility index (Phi) is 7.28. The summed E-state index contributed by atoms with van der Waals surface area (Å²) < 4.78 is 5.16. The fourth-order valence-electron chi connectivity index (χ4n) is 1.50. The van der Waals surface area contributed by atoms with Crippen LogP contribution < -0.4 is 16.0 Å².